The number of rotatable bonds is 7. The lowest BCUT2D eigenvalue weighted by molar-refractivity contribution is -0.136. The number of nitrogens with one attached hydrogen (secondary N) is 2. The van der Waals surface area contributed by atoms with Gasteiger partial charge in [-0.1, -0.05) is 23.7 Å². The van der Waals surface area contributed by atoms with Crippen molar-refractivity contribution in [1.82, 2.24) is 15.1 Å². The van der Waals surface area contributed by atoms with Crippen molar-refractivity contribution < 1.29 is 38.2 Å². The van der Waals surface area contributed by atoms with Crippen molar-refractivity contribution in [2.45, 2.75) is 64.8 Å². The maximum absolute atomic E-state index is 13.0. The van der Waals surface area contributed by atoms with Crippen LogP contribution in [0.4, 0.5) is 15.3 Å². The fourth-order valence-corrected chi connectivity index (χ4v) is 5.61. The van der Waals surface area contributed by atoms with Crippen LogP contribution in [0.1, 0.15) is 61.5 Å². The maximum Gasteiger partial charge on any atom is 0.411 e. The summed E-state index contributed by atoms with van der Waals surface area (Å²) in [5.41, 5.74) is 1.62. The number of carbonyl (C=O) groups excluding carboxylic acids is 5. The highest BCUT2D eigenvalue weighted by Gasteiger charge is 2.39. The van der Waals surface area contributed by atoms with Gasteiger partial charge in [0.1, 0.15) is 24.0 Å². The van der Waals surface area contributed by atoms with Crippen LogP contribution in [0.15, 0.2) is 36.4 Å². The molecule has 2 unspecified atom stereocenters. The van der Waals surface area contributed by atoms with E-state index >= 15 is 0 Å². The fraction of sp³-hybridized carbons (Fsp3) is 0.452. The quantitative estimate of drug-likeness (QED) is 0.428. The molecule has 2 aromatic rings. The molecule has 5 rings (SSSR count). The summed E-state index contributed by atoms with van der Waals surface area (Å²) in [6, 6.07) is 9.31. The Kier molecular flexibility index (Phi) is 9.00. The molecular formula is C31H35ClN4O8. The summed E-state index contributed by atoms with van der Waals surface area (Å²) in [6.45, 7) is 7.14. The van der Waals surface area contributed by atoms with Gasteiger partial charge in [-0.15, -0.1) is 0 Å². The number of hydrogen-bond donors (Lipinski definition) is 2. The van der Waals surface area contributed by atoms with E-state index in [0.29, 0.717) is 47.3 Å². The van der Waals surface area contributed by atoms with Crippen LogP contribution in [-0.4, -0.2) is 71.0 Å². The van der Waals surface area contributed by atoms with Gasteiger partial charge in [-0.2, -0.15) is 0 Å². The molecule has 2 saturated heterocycles. The number of ether oxygens (including phenoxy) is 3. The van der Waals surface area contributed by atoms with Crippen LogP contribution in [-0.2, 0) is 32.2 Å². The molecule has 2 N–H and O–H groups in total. The molecule has 13 heteroatoms. The average molecular weight is 627 g/mol. The van der Waals surface area contributed by atoms with Gasteiger partial charge in [-0.05, 0) is 62.9 Å². The van der Waals surface area contributed by atoms with Crippen LogP contribution in [0.3, 0.4) is 0 Å². The van der Waals surface area contributed by atoms with E-state index in [0.717, 1.165) is 12.0 Å². The predicted octanol–water partition coefficient (Wildman–Crippen LogP) is 4.49. The molecule has 3 aliphatic heterocycles. The van der Waals surface area contributed by atoms with E-state index in [2.05, 4.69) is 10.6 Å². The summed E-state index contributed by atoms with van der Waals surface area (Å²) in [7, 11) is 0. The molecule has 5 amide bonds. The molecule has 44 heavy (non-hydrogen) atoms. The Balaban J connectivity index is 1.11. The number of anilines is 1. The van der Waals surface area contributed by atoms with Gasteiger partial charge < -0.3 is 24.0 Å². The molecule has 0 radical (unpaired) electrons. The van der Waals surface area contributed by atoms with Gasteiger partial charge in [-0.25, -0.2) is 9.59 Å². The third-order valence-electron chi connectivity index (χ3n) is 7.50. The first kappa shape index (κ1) is 31.1. The highest BCUT2D eigenvalue weighted by Crippen LogP contribution is 2.29. The van der Waals surface area contributed by atoms with Gasteiger partial charge >= 0.3 is 12.2 Å². The first-order chi connectivity index (χ1) is 20.8. The molecule has 3 heterocycles. The highest BCUT2D eigenvalue weighted by molar-refractivity contribution is 6.31. The van der Waals surface area contributed by atoms with Crippen LogP contribution in [0.5, 0.6) is 5.75 Å². The monoisotopic (exact) mass is 626 g/mol. The summed E-state index contributed by atoms with van der Waals surface area (Å²) in [6.07, 6.45) is 0.178. The van der Waals surface area contributed by atoms with Crippen LogP contribution >= 0.6 is 11.6 Å². The van der Waals surface area contributed by atoms with E-state index in [-0.39, 0.29) is 49.8 Å². The van der Waals surface area contributed by atoms with Gasteiger partial charge in [0.05, 0.1) is 6.61 Å². The predicted molar refractivity (Wildman–Crippen MR) is 159 cm³/mol. The molecule has 0 spiro atoms. The Labute approximate surface area is 259 Å². The van der Waals surface area contributed by atoms with E-state index in [1.54, 1.807) is 41.3 Å². The summed E-state index contributed by atoms with van der Waals surface area (Å²) >= 11 is 6.26. The second-order valence-corrected chi connectivity index (χ2v) is 12.6. The summed E-state index contributed by atoms with van der Waals surface area (Å²) < 4.78 is 16.8. The lowest BCUT2D eigenvalue weighted by Crippen LogP contribution is -2.52. The minimum absolute atomic E-state index is 0.0927. The van der Waals surface area contributed by atoms with E-state index in [1.165, 1.54) is 4.90 Å². The molecule has 2 fully saturated rings. The second kappa shape index (κ2) is 12.7. The molecule has 0 aliphatic carbocycles. The normalized spacial score (nSPS) is 19.9. The van der Waals surface area contributed by atoms with E-state index in [4.69, 9.17) is 25.8 Å². The van der Waals surface area contributed by atoms with Crippen LogP contribution in [0.25, 0.3) is 0 Å². The Morgan fingerprint density at radius 1 is 1.09 bits per heavy atom. The molecule has 2 atom stereocenters. The summed E-state index contributed by atoms with van der Waals surface area (Å²) in [4.78, 5) is 64.8. The largest absolute Gasteiger partial charge is 0.493 e. The van der Waals surface area contributed by atoms with Gasteiger partial charge in [0, 0.05) is 54.3 Å². The molecule has 0 aromatic heterocycles. The molecule has 0 bridgehead atoms. The first-order valence-corrected chi connectivity index (χ1v) is 14.8. The number of halogens is 1. The number of carbonyl (C=O) groups is 5. The lowest BCUT2D eigenvalue weighted by Gasteiger charge is -2.29. The van der Waals surface area contributed by atoms with Crippen molar-refractivity contribution >= 4 is 47.2 Å². The minimum Gasteiger partial charge on any atom is -0.493 e. The highest BCUT2D eigenvalue weighted by atomic mass is 35.5. The SMILES string of the molecule is CC(C)(C)OC(=O)N1CCC(COc2cc(Cl)cc(NC(=O)OCc3ccc4c(c3)C(=O)N(C3CCC(=O)NC3=O)C4)c2)C1. The van der Waals surface area contributed by atoms with Crippen molar-refractivity contribution in [2.75, 3.05) is 25.0 Å². The number of piperidine rings is 1. The van der Waals surface area contributed by atoms with Crippen molar-refractivity contribution in [3.63, 3.8) is 0 Å². The first-order valence-electron chi connectivity index (χ1n) is 14.5. The van der Waals surface area contributed by atoms with Gasteiger partial charge in [0.2, 0.25) is 11.8 Å². The number of imide groups is 1. The Hall–Kier alpha value is -4.32. The Morgan fingerprint density at radius 2 is 1.89 bits per heavy atom. The Bertz CT molecular complexity index is 1490. The average Bonchev–Trinajstić information content (AvgIpc) is 3.54. The van der Waals surface area contributed by atoms with Crippen LogP contribution in [0.2, 0.25) is 5.02 Å². The summed E-state index contributed by atoms with van der Waals surface area (Å²) in [5.74, 6) is -0.533. The molecule has 0 saturated carbocycles. The van der Waals surface area contributed by atoms with Gasteiger partial charge in [0.25, 0.3) is 5.91 Å². The van der Waals surface area contributed by atoms with Gasteiger partial charge in [-0.3, -0.25) is 25.0 Å². The van der Waals surface area contributed by atoms with Crippen molar-refractivity contribution in [2.24, 2.45) is 5.92 Å². The number of fused-ring (bicyclic) bond motifs is 1. The van der Waals surface area contributed by atoms with Crippen LogP contribution in [0, 0.1) is 5.92 Å². The van der Waals surface area contributed by atoms with Crippen LogP contribution < -0.4 is 15.4 Å². The molecule has 12 nitrogen and oxygen atoms in total. The van der Waals surface area contributed by atoms with Crippen molar-refractivity contribution in [3.05, 3.63) is 58.1 Å². The lowest BCUT2D eigenvalue weighted by atomic mass is 10.0. The van der Waals surface area contributed by atoms with E-state index in [1.807, 2.05) is 20.8 Å². The van der Waals surface area contributed by atoms with Crippen molar-refractivity contribution in [1.29, 1.82) is 0 Å². The summed E-state index contributed by atoms with van der Waals surface area (Å²) in [5, 5.41) is 5.29. The number of nitrogens with zero attached hydrogens (tertiary/aromatic N) is 2. The zero-order valence-corrected chi connectivity index (χ0v) is 25.6. The number of hydrogen-bond acceptors (Lipinski definition) is 8. The molecular weight excluding hydrogens is 592 g/mol. The second-order valence-electron chi connectivity index (χ2n) is 12.2. The van der Waals surface area contributed by atoms with E-state index < -0.39 is 23.6 Å². The smallest absolute Gasteiger partial charge is 0.411 e. The number of amides is 5. The molecule has 3 aliphatic rings. The molecule has 234 valence electrons. The van der Waals surface area contributed by atoms with Gasteiger partial charge in [0.15, 0.2) is 0 Å². The third kappa shape index (κ3) is 7.60. The zero-order chi connectivity index (χ0) is 31.6. The van der Waals surface area contributed by atoms with E-state index in [9.17, 15) is 24.0 Å². The standard InChI is InChI=1S/C31H35ClN4O8/c1-31(2,3)44-30(41)35-9-8-19(14-35)17-42-23-12-21(32)11-22(13-23)33-29(40)43-16-18-4-5-20-15-36(28(39)24(20)10-18)25-6-7-26(37)34-27(25)38/h4-5,10-13,19,25H,6-9,14-17H2,1-3H3,(H,33,40)(H,34,37,38). The zero-order valence-electron chi connectivity index (χ0n) is 24.8. The van der Waals surface area contributed by atoms with Crippen molar-refractivity contribution in [3.8, 4) is 5.75 Å². The minimum atomic E-state index is -0.723. The third-order valence-corrected chi connectivity index (χ3v) is 7.72. The Morgan fingerprint density at radius 3 is 2.64 bits per heavy atom. The number of likely N-dealkylation sites (tertiary alicyclic amines) is 1. The fourth-order valence-electron chi connectivity index (χ4n) is 5.39. The number of benzene rings is 2. The topological polar surface area (TPSA) is 144 Å². The maximum atomic E-state index is 13.0. The molecule has 2 aromatic carbocycles.